The molecule has 1 fully saturated rings. The predicted octanol–water partition coefficient (Wildman–Crippen LogP) is 1.33. The molecule has 2 rings (SSSR count). The summed E-state index contributed by atoms with van der Waals surface area (Å²) in [7, 11) is 0. The Hall–Kier alpha value is -1.04. The van der Waals surface area contributed by atoms with E-state index >= 15 is 0 Å². The first kappa shape index (κ1) is 12.4. The number of rotatable bonds is 3. The Morgan fingerprint density at radius 2 is 2.00 bits per heavy atom. The SMILES string of the molecule is OC(CN1CCOCC1)c1cccc(F)c1F. The van der Waals surface area contributed by atoms with Gasteiger partial charge in [-0.2, -0.15) is 0 Å². The van der Waals surface area contributed by atoms with E-state index in [1.807, 2.05) is 4.90 Å². The highest BCUT2D eigenvalue weighted by molar-refractivity contribution is 5.21. The van der Waals surface area contributed by atoms with Gasteiger partial charge in [0, 0.05) is 25.2 Å². The van der Waals surface area contributed by atoms with E-state index < -0.39 is 17.7 Å². The number of halogens is 2. The maximum absolute atomic E-state index is 13.4. The molecule has 94 valence electrons. The molecule has 1 saturated heterocycles. The third kappa shape index (κ3) is 3.00. The quantitative estimate of drug-likeness (QED) is 0.869. The van der Waals surface area contributed by atoms with Crippen molar-refractivity contribution in [2.75, 3.05) is 32.8 Å². The summed E-state index contributed by atoms with van der Waals surface area (Å²) in [5.74, 6) is -1.89. The molecule has 1 aliphatic heterocycles. The number of aliphatic hydroxyl groups is 1. The molecule has 0 amide bonds. The third-order valence-corrected chi connectivity index (χ3v) is 2.88. The first-order valence-corrected chi connectivity index (χ1v) is 5.60. The molecule has 1 N–H and O–H groups in total. The number of β-amino-alcohol motifs (C(OH)–C–C–N with tert-alkyl or cyclic N) is 1. The second kappa shape index (κ2) is 5.53. The van der Waals surface area contributed by atoms with Crippen molar-refractivity contribution in [1.82, 2.24) is 4.90 Å². The smallest absolute Gasteiger partial charge is 0.164 e. The van der Waals surface area contributed by atoms with E-state index in [-0.39, 0.29) is 5.56 Å². The largest absolute Gasteiger partial charge is 0.387 e. The van der Waals surface area contributed by atoms with Crippen molar-refractivity contribution in [1.29, 1.82) is 0 Å². The van der Waals surface area contributed by atoms with Crippen molar-refractivity contribution >= 4 is 0 Å². The topological polar surface area (TPSA) is 32.7 Å². The molecule has 0 spiro atoms. The van der Waals surface area contributed by atoms with Crippen LogP contribution in [0.4, 0.5) is 8.78 Å². The van der Waals surface area contributed by atoms with Gasteiger partial charge in [-0.25, -0.2) is 8.78 Å². The van der Waals surface area contributed by atoms with Crippen LogP contribution in [0.1, 0.15) is 11.7 Å². The molecule has 1 aromatic carbocycles. The maximum atomic E-state index is 13.4. The number of benzene rings is 1. The zero-order valence-electron chi connectivity index (χ0n) is 9.40. The number of hydrogen-bond acceptors (Lipinski definition) is 3. The Labute approximate surface area is 98.6 Å². The Kier molecular flexibility index (Phi) is 4.04. The lowest BCUT2D eigenvalue weighted by atomic mass is 10.1. The molecule has 0 radical (unpaired) electrons. The summed E-state index contributed by atoms with van der Waals surface area (Å²) in [5.41, 5.74) is 0.0106. The van der Waals surface area contributed by atoms with Crippen LogP contribution < -0.4 is 0 Å². The van der Waals surface area contributed by atoms with Gasteiger partial charge in [0.2, 0.25) is 0 Å². The summed E-state index contributed by atoms with van der Waals surface area (Å²) in [6.45, 7) is 2.92. The lowest BCUT2D eigenvalue weighted by Gasteiger charge is -2.28. The Balaban J connectivity index is 2.03. The summed E-state index contributed by atoms with van der Waals surface area (Å²) >= 11 is 0. The predicted molar refractivity (Wildman–Crippen MR) is 58.6 cm³/mol. The molecule has 17 heavy (non-hydrogen) atoms. The second-order valence-corrected chi connectivity index (χ2v) is 4.07. The normalized spacial score (nSPS) is 19.2. The van der Waals surface area contributed by atoms with Crippen molar-refractivity contribution in [2.45, 2.75) is 6.10 Å². The van der Waals surface area contributed by atoms with Gasteiger partial charge in [-0.05, 0) is 6.07 Å². The molecule has 1 unspecified atom stereocenters. The van der Waals surface area contributed by atoms with Crippen molar-refractivity contribution in [3.05, 3.63) is 35.4 Å². The Morgan fingerprint density at radius 1 is 1.29 bits per heavy atom. The fourth-order valence-electron chi connectivity index (χ4n) is 1.90. The summed E-state index contributed by atoms with van der Waals surface area (Å²) in [5, 5.41) is 9.89. The highest BCUT2D eigenvalue weighted by Gasteiger charge is 2.20. The Bertz CT molecular complexity index is 381. The van der Waals surface area contributed by atoms with Gasteiger partial charge < -0.3 is 9.84 Å². The van der Waals surface area contributed by atoms with Crippen LogP contribution in [0.2, 0.25) is 0 Å². The average Bonchev–Trinajstić information content (AvgIpc) is 2.34. The molecule has 1 aliphatic rings. The van der Waals surface area contributed by atoms with Crippen LogP contribution in [0.3, 0.4) is 0 Å². The molecule has 0 saturated carbocycles. The number of hydrogen-bond donors (Lipinski definition) is 1. The van der Waals surface area contributed by atoms with Gasteiger partial charge in [0.25, 0.3) is 0 Å². The van der Waals surface area contributed by atoms with E-state index in [9.17, 15) is 13.9 Å². The van der Waals surface area contributed by atoms with Crippen LogP contribution in [0, 0.1) is 11.6 Å². The second-order valence-electron chi connectivity index (χ2n) is 4.07. The van der Waals surface area contributed by atoms with Crippen molar-refractivity contribution in [3.63, 3.8) is 0 Å². The van der Waals surface area contributed by atoms with Gasteiger partial charge >= 0.3 is 0 Å². The van der Waals surface area contributed by atoms with Gasteiger partial charge in [-0.1, -0.05) is 12.1 Å². The van der Waals surface area contributed by atoms with E-state index in [4.69, 9.17) is 4.74 Å². The molecular weight excluding hydrogens is 228 g/mol. The van der Waals surface area contributed by atoms with Crippen molar-refractivity contribution in [2.24, 2.45) is 0 Å². The van der Waals surface area contributed by atoms with Gasteiger partial charge in [0.05, 0.1) is 19.3 Å². The van der Waals surface area contributed by atoms with Gasteiger partial charge in [0.15, 0.2) is 11.6 Å². The zero-order valence-corrected chi connectivity index (χ0v) is 9.40. The summed E-state index contributed by atoms with van der Waals surface area (Å²) in [6.07, 6.45) is -1.01. The minimum Gasteiger partial charge on any atom is -0.387 e. The highest BCUT2D eigenvalue weighted by atomic mass is 19.2. The first-order valence-electron chi connectivity index (χ1n) is 5.60. The maximum Gasteiger partial charge on any atom is 0.164 e. The fourth-order valence-corrected chi connectivity index (χ4v) is 1.90. The van der Waals surface area contributed by atoms with E-state index in [0.717, 1.165) is 6.07 Å². The van der Waals surface area contributed by atoms with Crippen LogP contribution in [-0.4, -0.2) is 42.9 Å². The molecule has 0 aliphatic carbocycles. The van der Waals surface area contributed by atoms with E-state index in [1.165, 1.54) is 12.1 Å². The first-order chi connectivity index (χ1) is 8.18. The van der Waals surface area contributed by atoms with Crippen molar-refractivity contribution in [3.8, 4) is 0 Å². The highest BCUT2D eigenvalue weighted by Crippen LogP contribution is 2.20. The monoisotopic (exact) mass is 243 g/mol. The molecule has 0 bridgehead atoms. The Morgan fingerprint density at radius 3 is 2.71 bits per heavy atom. The summed E-state index contributed by atoms with van der Waals surface area (Å²) in [6, 6.07) is 3.85. The molecule has 1 heterocycles. The standard InChI is InChI=1S/C12H15F2NO2/c13-10-3-1-2-9(12(10)14)11(16)8-15-4-6-17-7-5-15/h1-3,11,16H,4-8H2. The minimum atomic E-state index is -1.01. The lowest BCUT2D eigenvalue weighted by Crippen LogP contribution is -2.39. The minimum absolute atomic E-state index is 0.0106. The number of aliphatic hydroxyl groups excluding tert-OH is 1. The van der Waals surface area contributed by atoms with Crippen LogP contribution in [0.25, 0.3) is 0 Å². The van der Waals surface area contributed by atoms with Crippen LogP contribution in [0.15, 0.2) is 18.2 Å². The third-order valence-electron chi connectivity index (χ3n) is 2.88. The van der Waals surface area contributed by atoms with Crippen LogP contribution >= 0.6 is 0 Å². The van der Waals surface area contributed by atoms with Crippen LogP contribution in [-0.2, 0) is 4.74 Å². The van der Waals surface area contributed by atoms with Crippen molar-refractivity contribution < 1.29 is 18.6 Å². The fraction of sp³-hybridized carbons (Fsp3) is 0.500. The van der Waals surface area contributed by atoms with Gasteiger partial charge in [0.1, 0.15) is 0 Å². The molecule has 5 heteroatoms. The molecular formula is C12H15F2NO2. The number of ether oxygens (including phenoxy) is 1. The number of nitrogens with zero attached hydrogens (tertiary/aromatic N) is 1. The average molecular weight is 243 g/mol. The summed E-state index contributed by atoms with van der Waals surface area (Å²) < 4.78 is 31.6. The number of morpholine rings is 1. The lowest BCUT2D eigenvalue weighted by molar-refractivity contribution is 0.0136. The van der Waals surface area contributed by atoms with Crippen LogP contribution in [0.5, 0.6) is 0 Å². The van der Waals surface area contributed by atoms with E-state index in [1.54, 1.807) is 0 Å². The van der Waals surface area contributed by atoms with Gasteiger partial charge in [-0.15, -0.1) is 0 Å². The molecule has 1 aromatic rings. The van der Waals surface area contributed by atoms with E-state index in [0.29, 0.717) is 32.8 Å². The van der Waals surface area contributed by atoms with E-state index in [2.05, 4.69) is 0 Å². The molecule has 0 aromatic heterocycles. The molecule has 1 atom stereocenters. The molecule has 3 nitrogen and oxygen atoms in total. The zero-order chi connectivity index (χ0) is 12.3. The van der Waals surface area contributed by atoms with Gasteiger partial charge in [-0.3, -0.25) is 4.90 Å². The summed E-state index contributed by atoms with van der Waals surface area (Å²) in [4.78, 5) is 1.97.